The van der Waals surface area contributed by atoms with Crippen LogP contribution in [0, 0.1) is 10.8 Å². The first-order valence-electron chi connectivity index (χ1n) is 8.73. The quantitative estimate of drug-likeness (QED) is 0.906. The highest BCUT2D eigenvalue weighted by Crippen LogP contribution is 2.40. The van der Waals surface area contributed by atoms with E-state index < -0.39 is 5.41 Å². The molecule has 0 aliphatic heterocycles. The molecular weight excluding hydrogens is 312 g/mol. The Bertz CT molecular complexity index is 778. The fourth-order valence-electron chi connectivity index (χ4n) is 3.18. The van der Waals surface area contributed by atoms with Gasteiger partial charge in [-0.05, 0) is 30.4 Å². The zero-order valence-electron chi connectivity index (χ0n) is 15.6. The molecule has 0 saturated carbocycles. The fraction of sp³-hybridized carbons (Fsp3) is 0.500. The molecule has 5 nitrogen and oxygen atoms in total. The minimum atomic E-state index is -0.418. The largest absolute Gasteiger partial charge is 0.349 e. The summed E-state index contributed by atoms with van der Waals surface area (Å²) in [5, 5.41) is 3.20. The predicted molar refractivity (Wildman–Crippen MR) is 97.7 cm³/mol. The summed E-state index contributed by atoms with van der Waals surface area (Å²) in [7, 11) is 0. The van der Waals surface area contributed by atoms with Gasteiger partial charge in [-0.3, -0.25) is 9.78 Å². The van der Waals surface area contributed by atoms with E-state index in [9.17, 15) is 4.79 Å². The Morgan fingerprint density at radius 3 is 2.68 bits per heavy atom. The zero-order chi connectivity index (χ0) is 18.2. The summed E-state index contributed by atoms with van der Waals surface area (Å²) in [4.78, 5) is 26.0. The molecule has 0 spiro atoms. The van der Waals surface area contributed by atoms with Crippen LogP contribution in [0.1, 0.15) is 58.3 Å². The normalized spacial score (nSPS) is 19.2. The van der Waals surface area contributed by atoms with Crippen molar-refractivity contribution in [1.82, 2.24) is 20.3 Å². The molecule has 0 bridgehead atoms. The van der Waals surface area contributed by atoms with Gasteiger partial charge in [-0.25, -0.2) is 9.97 Å². The van der Waals surface area contributed by atoms with E-state index in [1.165, 1.54) is 0 Å². The van der Waals surface area contributed by atoms with Gasteiger partial charge in [0.25, 0.3) is 0 Å². The lowest BCUT2D eigenvalue weighted by atomic mass is 9.74. The standard InChI is InChI=1S/C20H26N4O/c1-19(2,3)18(25)24-16-10-20(4,5)9-15-14(16)12-22-17(23-15)13-7-6-8-21-11-13/h6-8,11-12,16H,9-10H2,1-5H3,(H,24,25)/t16-/m0/s1. The topological polar surface area (TPSA) is 67.8 Å². The van der Waals surface area contributed by atoms with Gasteiger partial charge in [-0.15, -0.1) is 0 Å². The van der Waals surface area contributed by atoms with Crippen LogP contribution in [0.5, 0.6) is 0 Å². The van der Waals surface area contributed by atoms with Crippen LogP contribution >= 0.6 is 0 Å². The van der Waals surface area contributed by atoms with E-state index in [1.807, 2.05) is 39.1 Å². The monoisotopic (exact) mass is 338 g/mol. The second-order valence-corrected chi connectivity index (χ2v) is 8.66. The van der Waals surface area contributed by atoms with Gasteiger partial charge in [0, 0.05) is 35.1 Å². The number of amides is 1. The highest BCUT2D eigenvalue weighted by Gasteiger charge is 2.36. The van der Waals surface area contributed by atoms with Crippen LogP contribution in [0.25, 0.3) is 11.4 Å². The molecule has 0 fully saturated rings. The number of hydrogen-bond acceptors (Lipinski definition) is 4. The van der Waals surface area contributed by atoms with Gasteiger partial charge >= 0.3 is 0 Å². The maximum Gasteiger partial charge on any atom is 0.225 e. The second-order valence-electron chi connectivity index (χ2n) is 8.66. The van der Waals surface area contributed by atoms with Crippen LogP contribution in [0.4, 0.5) is 0 Å². The van der Waals surface area contributed by atoms with Crippen LogP contribution in [0.15, 0.2) is 30.7 Å². The summed E-state index contributed by atoms with van der Waals surface area (Å²) in [6.07, 6.45) is 7.14. The lowest BCUT2D eigenvalue weighted by Gasteiger charge is -2.37. The summed E-state index contributed by atoms with van der Waals surface area (Å²) in [5.74, 6) is 0.739. The lowest BCUT2D eigenvalue weighted by molar-refractivity contribution is -0.129. The van der Waals surface area contributed by atoms with Crippen molar-refractivity contribution < 1.29 is 4.79 Å². The van der Waals surface area contributed by atoms with E-state index in [2.05, 4.69) is 29.1 Å². The Hall–Kier alpha value is -2.30. The number of aromatic nitrogens is 3. The first-order chi connectivity index (χ1) is 11.7. The molecule has 1 N–H and O–H groups in total. The smallest absolute Gasteiger partial charge is 0.225 e. The number of hydrogen-bond donors (Lipinski definition) is 1. The molecule has 0 saturated heterocycles. The summed E-state index contributed by atoms with van der Waals surface area (Å²) in [5.41, 5.74) is 2.61. The van der Waals surface area contributed by atoms with Crippen LogP contribution in [-0.4, -0.2) is 20.9 Å². The van der Waals surface area contributed by atoms with E-state index in [0.29, 0.717) is 5.82 Å². The molecule has 25 heavy (non-hydrogen) atoms. The van der Waals surface area contributed by atoms with Crippen molar-refractivity contribution in [2.24, 2.45) is 10.8 Å². The Morgan fingerprint density at radius 1 is 1.28 bits per heavy atom. The van der Waals surface area contributed by atoms with E-state index in [1.54, 1.807) is 12.4 Å². The van der Waals surface area contributed by atoms with Gasteiger partial charge in [-0.2, -0.15) is 0 Å². The Labute approximate surface area is 149 Å². The molecule has 5 heteroatoms. The Balaban J connectivity index is 1.96. The predicted octanol–water partition coefficient (Wildman–Crippen LogP) is 3.71. The molecule has 1 aliphatic rings. The number of carbonyl (C=O) groups excluding carboxylic acids is 1. The van der Waals surface area contributed by atoms with Crippen molar-refractivity contribution in [3.05, 3.63) is 42.0 Å². The second kappa shape index (κ2) is 6.21. The summed E-state index contributed by atoms with van der Waals surface area (Å²) in [6.45, 7) is 10.2. The van der Waals surface area contributed by atoms with Gasteiger partial charge in [0.05, 0.1) is 11.7 Å². The average molecular weight is 338 g/mol. The first kappa shape index (κ1) is 17.5. The first-order valence-corrected chi connectivity index (χ1v) is 8.73. The molecule has 0 aromatic carbocycles. The number of pyridine rings is 1. The molecular formula is C20H26N4O. The van der Waals surface area contributed by atoms with E-state index in [-0.39, 0.29) is 17.4 Å². The van der Waals surface area contributed by atoms with Crippen molar-refractivity contribution in [2.75, 3.05) is 0 Å². The molecule has 0 radical (unpaired) electrons. The van der Waals surface area contributed by atoms with Gasteiger partial charge in [-0.1, -0.05) is 34.6 Å². The van der Waals surface area contributed by atoms with Gasteiger partial charge < -0.3 is 5.32 Å². The lowest BCUT2D eigenvalue weighted by Crippen LogP contribution is -2.41. The van der Waals surface area contributed by atoms with Gasteiger partial charge in [0.1, 0.15) is 0 Å². The van der Waals surface area contributed by atoms with Gasteiger partial charge in [0.15, 0.2) is 5.82 Å². The Morgan fingerprint density at radius 2 is 2.04 bits per heavy atom. The third-order valence-electron chi connectivity index (χ3n) is 4.58. The van der Waals surface area contributed by atoms with Crippen molar-refractivity contribution >= 4 is 5.91 Å². The molecule has 132 valence electrons. The number of nitrogens with zero attached hydrogens (tertiary/aromatic N) is 3. The molecule has 3 rings (SSSR count). The number of rotatable bonds is 2. The van der Waals surface area contributed by atoms with E-state index >= 15 is 0 Å². The third-order valence-corrected chi connectivity index (χ3v) is 4.58. The molecule has 1 amide bonds. The van der Waals surface area contributed by atoms with Crippen LogP contribution in [0.3, 0.4) is 0 Å². The van der Waals surface area contributed by atoms with Crippen molar-refractivity contribution in [1.29, 1.82) is 0 Å². The number of fused-ring (bicyclic) bond motifs is 1. The van der Waals surface area contributed by atoms with Crippen LogP contribution < -0.4 is 5.32 Å². The third kappa shape index (κ3) is 3.86. The minimum absolute atomic E-state index is 0.0478. The van der Waals surface area contributed by atoms with Crippen molar-refractivity contribution in [3.63, 3.8) is 0 Å². The van der Waals surface area contributed by atoms with E-state index in [0.717, 1.165) is 29.7 Å². The molecule has 0 unspecified atom stereocenters. The maximum absolute atomic E-state index is 12.5. The molecule has 2 aromatic heterocycles. The minimum Gasteiger partial charge on any atom is -0.349 e. The molecule has 2 heterocycles. The highest BCUT2D eigenvalue weighted by atomic mass is 16.2. The molecule has 1 aliphatic carbocycles. The van der Waals surface area contributed by atoms with Crippen LogP contribution in [0.2, 0.25) is 0 Å². The summed E-state index contributed by atoms with van der Waals surface area (Å²) in [6, 6.07) is 3.80. The molecule has 1 atom stereocenters. The Kier molecular flexibility index (Phi) is 4.35. The van der Waals surface area contributed by atoms with Crippen LogP contribution in [-0.2, 0) is 11.2 Å². The highest BCUT2D eigenvalue weighted by molar-refractivity contribution is 5.81. The zero-order valence-corrected chi connectivity index (χ0v) is 15.6. The van der Waals surface area contributed by atoms with Crippen molar-refractivity contribution in [2.45, 2.75) is 53.5 Å². The van der Waals surface area contributed by atoms with E-state index in [4.69, 9.17) is 4.98 Å². The average Bonchev–Trinajstić information content (AvgIpc) is 2.53. The van der Waals surface area contributed by atoms with Crippen molar-refractivity contribution in [3.8, 4) is 11.4 Å². The van der Waals surface area contributed by atoms with Gasteiger partial charge in [0.2, 0.25) is 5.91 Å². The number of carbonyl (C=O) groups is 1. The summed E-state index contributed by atoms with van der Waals surface area (Å²) >= 11 is 0. The molecule has 2 aromatic rings. The summed E-state index contributed by atoms with van der Waals surface area (Å²) < 4.78 is 0. The number of nitrogens with one attached hydrogen (secondary N) is 1. The maximum atomic E-state index is 12.5. The fourth-order valence-corrected chi connectivity index (χ4v) is 3.18. The SMILES string of the molecule is CC1(C)Cc2nc(-c3cccnc3)ncc2[C@@H](NC(=O)C(C)(C)C)C1.